The van der Waals surface area contributed by atoms with Gasteiger partial charge in [0.1, 0.15) is 12.4 Å². The molecule has 1 fully saturated rings. The molecular formula is C19H20BrNO3. The van der Waals surface area contributed by atoms with Crippen LogP contribution in [0.15, 0.2) is 53.0 Å². The molecule has 4 nitrogen and oxygen atoms in total. The number of carbonyl (C=O) groups is 1. The molecule has 126 valence electrons. The minimum Gasteiger partial charge on any atom is -0.488 e. The zero-order valence-corrected chi connectivity index (χ0v) is 14.9. The van der Waals surface area contributed by atoms with Crippen LogP contribution in [0.2, 0.25) is 0 Å². The average molecular weight is 390 g/mol. The van der Waals surface area contributed by atoms with E-state index >= 15 is 0 Å². The Bertz CT molecular complexity index is 699. The van der Waals surface area contributed by atoms with Gasteiger partial charge in [0.05, 0.1) is 12.2 Å². The van der Waals surface area contributed by atoms with Gasteiger partial charge in [-0.05, 0) is 24.6 Å². The molecule has 0 radical (unpaired) electrons. The van der Waals surface area contributed by atoms with E-state index in [9.17, 15) is 4.79 Å². The summed E-state index contributed by atoms with van der Waals surface area (Å²) in [6.45, 7) is 2.55. The van der Waals surface area contributed by atoms with E-state index in [0.717, 1.165) is 29.7 Å². The molecule has 1 aliphatic heterocycles. The molecule has 1 atom stereocenters. The molecule has 3 rings (SSSR count). The van der Waals surface area contributed by atoms with E-state index in [2.05, 4.69) is 21.2 Å². The van der Waals surface area contributed by atoms with Crippen molar-refractivity contribution in [3.63, 3.8) is 0 Å². The Balaban J connectivity index is 1.63. The van der Waals surface area contributed by atoms with Crippen LogP contribution < -0.4 is 10.1 Å². The van der Waals surface area contributed by atoms with E-state index in [1.165, 1.54) is 0 Å². The second-order valence-electron chi connectivity index (χ2n) is 5.82. The zero-order chi connectivity index (χ0) is 16.8. The van der Waals surface area contributed by atoms with Crippen LogP contribution in [0.5, 0.6) is 5.75 Å². The Morgan fingerprint density at radius 3 is 2.79 bits per heavy atom. The first kappa shape index (κ1) is 17.0. The van der Waals surface area contributed by atoms with E-state index < -0.39 is 0 Å². The second kappa shape index (κ2) is 8.31. The normalized spacial score (nSPS) is 16.8. The molecule has 0 aliphatic carbocycles. The van der Waals surface area contributed by atoms with Crippen molar-refractivity contribution in [2.24, 2.45) is 5.92 Å². The summed E-state index contributed by atoms with van der Waals surface area (Å²) < 4.78 is 12.2. The zero-order valence-electron chi connectivity index (χ0n) is 13.3. The van der Waals surface area contributed by atoms with Crippen LogP contribution in [0.3, 0.4) is 0 Å². The van der Waals surface area contributed by atoms with Gasteiger partial charge in [-0.25, -0.2) is 0 Å². The molecular weight excluding hydrogens is 370 g/mol. The molecule has 0 bridgehead atoms. The highest BCUT2D eigenvalue weighted by Gasteiger charge is 2.18. The minimum atomic E-state index is -0.107. The molecule has 1 unspecified atom stereocenters. The SMILES string of the molecule is O=C(NCC1CCOC1)c1ccccc1OCc1ccccc1Br. The lowest BCUT2D eigenvalue weighted by atomic mass is 10.1. The smallest absolute Gasteiger partial charge is 0.255 e. The molecule has 24 heavy (non-hydrogen) atoms. The quantitative estimate of drug-likeness (QED) is 0.817. The third kappa shape index (κ3) is 4.36. The van der Waals surface area contributed by atoms with Crippen LogP contribution in [-0.2, 0) is 11.3 Å². The molecule has 1 amide bonds. The number of hydrogen-bond donors (Lipinski definition) is 1. The number of ether oxygens (including phenoxy) is 2. The Labute approximate surface area is 150 Å². The maximum atomic E-state index is 12.5. The molecule has 5 heteroatoms. The molecule has 0 aromatic heterocycles. The number of rotatable bonds is 6. The molecule has 1 heterocycles. The molecule has 1 aliphatic rings. The summed E-state index contributed by atoms with van der Waals surface area (Å²) in [7, 11) is 0. The van der Waals surface area contributed by atoms with Gasteiger partial charge in [0.2, 0.25) is 0 Å². The van der Waals surface area contributed by atoms with Crippen LogP contribution in [0.25, 0.3) is 0 Å². The van der Waals surface area contributed by atoms with Crippen LogP contribution in [0.1, 0.15) is 22.3 Å². The van der Waals surface area contributed by atoms with Gasteiger partial charge in [0, 0.05) is 29.1 Å². The third-order valence-corrected chi connectivity index (χ3v) is 4.82. The highest BCUT2D eigenvalue weighted by molar-refractivity contribution is 9.10. The minimum absolute atomic E-state index is 0.107. The van der Waals surface area contributed by atoms with Crippen molar-refractivity contribution in [1.82, 2.24) is 5.32 Å². The van der Waals surface area contributed by atoms with Crippen LogP contribution >= 0.6 is 15.9 Å². The summed E-state index contributed by atoms with van der Waals surface area (Å²) in [5.74, 6) is 0.889. The largest absolute Gasteiger partial charge is 0.488 e. The lowest BCUT2D eigenvalue weighted by Crippen LogP contribution is -2.29. The van der Waals surface area contributed by atoms with Gasteiger partial charge in [0.15, 0.2) is 0 Å². The molecule has 0 saturated carbocycles. The van der Waals surface area contributed by atoms with Crippen molar-refractivity contribution in [1.29, 1.82) is 0 Å². The third-order valence-electron chi connectivity index (χ3n) is 4.05. The standard InChI is InChI=1S/C19H20BrNO3/c20-17-7-3-1-5-15(17)13-24-18-8-4-2-6-16(18)19(22)21-11-14-9-10-23-12-14/h1-8,14H,9-13H2,(H,21,22). The number of halogens is 1. The fraction of sp³-hybridized carbons (Fsp3) is 0.316. The fourth-order valence-corrected chi connectivity index (χ4v) is 3.03. The van der Waals surface area contributed by atoms with Gasteiger partial charge < -0.3 is 14.8 Å². The van der Waals surface area contributed by atoms with E-state index in [0.29, 0.717) is 30.4 Å². The first-order chi connectivity index (χ1) is 11.7. The monoisotopic (exact) mass is 389 g/mol. The average Bonchev–Trinajstić information content (AvgIpc) is 3.13. The van der Waals surface area contributed by atoms with Crippen molar-refractivity contribution >= 4 is 21.8 Å². The van der Waals surface area contributed by atoms with Crippen molar-refractivity contribution in [2.45, 2.75) is 13.0 Å². The second-order valence-corrected chi connectivity index (χ2v) is 6.67. The predicted octanol–water partition coefficient (Wildman–Crippen LogP) is 3.79. The fourth-order valence-electron chi connectivity index (χ4n) is 2.63. The Morgan fingerprint density at radius 2 is 2.00 bits per heavy atom. The van der Waals surface area contributed by atoms with Crippen molar-refractivity contribution in [3.8, 4) is 5.75 Å². The number of hydrogen-bond acceptors (Lipinski definition) is 3. The summed E-state index contributed by atoms with van der Waals surface area (Å²) in [5.41, 5.74) is 1.60. The lowest BCUT2D eigenvalue weighted by Gasteiger charge is -2.14. The maximum absolute atomic E-state index is 12.5. The molecule has 2 aromatic rings. The number of para-hydroxylation sites is 1. The summed E-state index contributed by atoms with van der Waals surface area (Å²) in [6.07, 6.45) is 1.00. The molecule has 1 N–H and O–H groups in total. The highest BCUT2D eigenvalue weighted by atomic mass is 79.9. The Morgan fingerprint density at radius 1 is 1.21 bits per heavy atom. The van der Waals surface area contributed by atoms with Crippen molar-refractivity contribution in [2.75, 3.05) is 19.8 Å². The van der Waals surface area contributed by atoms with Crippen LogP contribution in [0, 0.1) is 5.92 Å². The van der Waals surface area contributed by atoms with Gasteiger partial charge in [-0.2, -0.15) is 0 Å². The van der Waals surface area contributed by atoms with Gasteiger partial charge >= 0.3 is 0 Å². The van der Waals surface area contributed by atoms with E-state index in [1.807, 2.05) is 42.5 Å². The number of carbonyl (C=O) groups excluding carboxylic acids is 1. The number of nitrogens with one attached hydrogen (secondary N) is 1. The number of benzene rings is 2. The summed E-state index contributed by atoms with van der Waals surface area (Å²) in [5, 5.41) is 2.98. The Kier molecular flexibility index (Phi) is 5.88. The van der Waals surface area contributed by atoms with Gasteiger partial charge in [-0.1, -0.05) is 46.3 Å². The van der Waals surface area contributed by atoms with Crippen LogP contribution in [0.4, 0.5) is 0 Å². The first-order valence-corrected chi connectivity index (χ1v) is 8.84. The van der Waals surface area contributed by atoms with E-state index in [1.54, 1.807) is 6.07 Å². The summed E-state index contributed by atoms with van der Waals surface area (Å²) >= 11 is 3.51. The summed E-state index contributed by atoms with van der Waals surface area (Å²) in [6, 6.07) is 15.2. The first-order valence-electron chi connectivity index (χ1n) is 8.05. The van der Waals surface area contributed by atoms with Crippen LogP contribution in [-0.4, -0.2) is 25.7 Å². The maximum Gasteiger partial charge on any atom is 0.255 e. The van der Waals surface area contributed by atoms with E-state index in [-0.39, 0.29) is 5.91 Å². The van der Waals surface area contributed by atoms with Crippen molar-refractivity contribution in [3.05, 3.63) is 64.1 Å². The number of amides is 1. The molecule has 2 aromatic carbocycles. The Hall–Kier alpha value is -1.85. The molecule has 1 saturated heterocycles. The van der Waals surface area contributed by atoms with Crippen molar-refractivity contribution < 1.29 is 14.3 Å². The predicted molar refractivity (Wildman–Crippen MR) is 96.2 cm³/mol. The van der Waals surface area contributed by atoms with Gasteiger partial charge in [-0.15, -0.1) is 0 Å². The van der Waals surface area contributed by atoms with E-state index in [4.69, 9.17) is 9.47 Å². The topological polar surface area (TPSA) is 47.6 Å². The van der Waals surface area contributed by atoms with Gasteiger partial charge in [0.25, 0.3) is 5.91 Å². The highest BCUT2D eigenvalue weighted by Crippen LogP contribution is 2.22. The summed E-state index contributed by atoms with van der Waals surface area (Å²) in [4.78, 5) is 12.5. The molecule has 0 spiro atoms. The lowest BCUT2D eigenvalue weighted by molar-refractivity contribution is 0.0940. The van der Waals surface area contributed by atoms with Gasteiger partial charge in [-0.3, -0.25) is 4.79 Å².